The standard InChI is InChI=1S/C25H30N6O3S2/c1-5-30(6-2)36(33,34)21-9-7-8-19(15-21)24-27-28-25-31(24)29-22(16-35-25)18-10-12-20(13-11-18)26-23(32)14-17(3)4/h7-13,15,17H,5-6,14,16H2,1-4H3,(H,26,32). The van der Waals surface area contributed by atoms with E-state index in [0.29, 0.717) is 47.7 Å². The smallest absolute Gasteiger partial charge is 0.243 e. The van der Waals surface area contributed by atoms with Crippen LogP contribution in [0.25, 0.3) is 11.4 Å². The molecule has 3 aromatic rings. The highest BCUT2D eigenvalue weighted by molar-refractivity contribution is 7.99. The summed E-state index contributed by atoms with van der Waals surface area (Å²) in [5.74, 6) is 1.38. The van der Waals surface area contributed by atoms with Crippen LogP contribution in [0.1, 0.15) is 39.7 Å². The Morgan fingerprint density at radius 3 is 2.47 bits per heavy atom. The van der Waals surface area contributed by atoms with Gasteiger partial charge in [0.05, 0.1) is 10.6 Å². The van der Waals surface area contributed by atoms with Crippen molar-refractivity contribution >= 4 is 39.1 Å². The van der Waals surface area contributed by atoms with Gasteiger partial charge in [-0.05, 0) is 35.7 Å². The van der Waals surface area contributed by atoms with E-state index in [0.717, 1.165) is 17.0 Å². The van der Waals surface area contributed by atoms with Gasteiger partial charge in [0.1, 0.15) is 0 Å². The van der Waals surface area contributed by atoms with E-state index in [2.05, 4.69) is 15.5 Å². The van der Waals surface area contributed by atoms with E-state index in [9.17, 15) is 13.2 Å². The van der Waals surface area contributed by atoms with Gasteiger partial charge in [0.15, 0.2) is 5.82 Å². The molecule has 0 bridgehead atoms. The molecule has 0 atom stereocenters. The lowest BCUT2D eigenvalue weighted by atomic mass is 10.1. The third-order valence-electron chi connectivity index (χ3n) is 5.70. The first-order chi connectivity index (χ1) is 17.2. The van der Waals surface area contributed by atoms with Gasteiger partial charge in [0.25, 0.3) is 0 Å². The summed E-state index contributed by atoms with van der Waals surface area (Å²) < 4.78 is 29.1. The molecule has 9 nitrogen and oxygen atoms in total. The second-order valence-electron chi connectivity index (χ2n) is 8.79. The van der Waals surface area contributed by atoms with Crippen molar-refractivity contribution in [2.45, 2.75) is 44.2 Å². The van der Waals surface area contributed by atoms with Gasteiger partial charge in [-0.2, -0.15) is 14.1 Å². The molecule has 1 aliphatic heterocycles. The fourth-order valence-electron chi connectivity index (χ4n) is 3.89. The van der Waals surface area contributed by atoms with E-state index in [1.54, 1.807) is 22.9 Å². The third kappa shape index (κ3) is 5.53. The Kier molecular flexibility index (Phi) is 7.91. The van der Waals surface area contributed by atoms with Gasteiger partial charge < -0.3 is 5.32 Å². The van der Waals surface area contributed by atoms with Crippen LogP contribution in [0.15, 0.2) is 63.7 Å². The number of nitrogens with zero attached hydrogens (tertiary/aromatic N) is 5. The Morgan fingerprint density at radius 2 is 1.81 bits per heavy atom. The zero-order chi connectivity index (χ0) is 25.9. The number of carbonyl (C=O) groups is 1. The second kappa shape index (κ2) is 10.9. The van der Waals surface area contributed by atoms with Crippen molar-refractivity contribution in [2.75, 3.05) is 24.2 Å². The second-order valence-corrected chi connectivity index (χ2v) is 11.7. The summed E-state index contributed by atoms with van der Waals surface area (Å²) in [7, 11) is -3.60. The van der Waals surface area contributed by atoms with Crippen molar-refractivity contribution in [3.05, 3.63) is 54.1 Å². The minimum Gasteiger partial charge on any atom is -0.326 e. The Bertz CT molecular complexity index is 1380. The Labute approximate surface area is 216 Å². The van der Waals surface area contributed by atoms with Crippen LogP contribution in [0, 0.1) is 5.92 Å². The number of carbonyl (C=O) groups excluding carboxylic acids is 1. The average molecular weight is 527 g/mol. The summed E-state index contributed by atoms with van der Waals surface area (Å²) in [5, 5.41) is 16.9. The van der Waals surface area contributed by atoms with Crippen LogP contribution >= 0.6 is 11.8 Å². The van der Waals surface area contributed by atoms with Crippen LogP contribution in [0.2, 0.25) is 0 Å². The summed E-state index contributed by atoms with van der Waals surface area (Å²) in [4.78, 5) is 12.3. The van der Waals surface area contributed by atoms with Crippen LogP contribution in [-0.4, -0.2) is 58.1 Å². The molecule has 1 aromatic heterocycles. The fraction of sp³-hybridized carbons (Fsp3) is 0.360. The highest BCUT2D eigenvalue weighted by Crippen LogP contribution is 2.30. The number of aromatic nitrogens is 3. The molecule has 2 aromatic carbocycles. The van der Waals surface area contributed by atoms with E-state index < -0.39 is 10.0 Å². The Balaban J connectivity index is 1.61. The first kappa shape index (κ1) is 26.1. The number of thioether (sulfide) groups is 1. The lowest BCUT2D eigenvalue weighted by Crippen LogP contribution is -2.30. The molecule has 0 aliphatic carbocycles. The molecule has 36 heavy (non-hydrogen) atoms. The number of amides is 1. The van der Waals surface area contributed by atoms with E-state index in [-0.39, 0.29) is 10.8 Å². The summed E-state index contributed by atoms with van der Waals surface area (Å²) in [6, 6.07) is 14.3. The Hall–Kier alpha value is -3.02. The lowest BCUT2D eigenvalue weighted by Gasteiger charge is -2.19. The minimum atomic E-state index is -3.60. The lowest BCUT2D eigenvalue weighted by molar-refractivity contribution is -0.116. The molecule has 0 spiro atoms. The van der Waals surface area contributed by atoms with E-state index in [1.807, 2.05) is 58.0 Å². The quantitative estimate of drug-likeness (QED) is 0.445. The molecule has 0 unspecified atom stereocenters. The normalized spacial score (nSPS) is 13.6. The van der Waals surface area contributed by atoms with Crippen molar-refractivity contribution in [1.29, 1.82) is 0 Å². The van der Waals surface area contributed by atoms with Gasteiger partial charge in [0, 0.05) is 36.5 Å². The summed E-state index contributed by atoms with van der Waals surface area (Å²) in [6.45, 7) is 8.45. The van der Waals surface area contributed by atoms with Gasteiger partial charge >= 0.3 is 0 Å². The average Bonchev–Trinajstić information content (AvgIpc) is 3.28. The van der Waals surface area contributed by atoms with Crippen molar-refractivity contribution in [3.63, 3.8) is 0 Å². The molecule has 0 radical (unpaired) electrons. The SMILES string of the molecule is CCN(CC)S(=O)(=O)c1cccc(-c2nnc3n2N=C(c2ccc(NC(=O)CC(C)C)cc2)CS3)c1. The fourth-order valence-corrected chi connectivity index (χ4v) is 6.23. The summed E-state index contributed by atoms with van der Waals surface area (Å²) in [5.41, 5.74) is 3.12. The monoisotopic (exact) mass is 526 g/mol. The predicted molar refractivity (Wildman–Crippen MR) is 143 cm³/mol. The van der Waals surface area contributed by atoms with Crippen LogP contribution in [0.5, 0.6) is 0 Å². The van der Waals surface area contributed by atoms with E-state index in [4.69, 9.17) is 5.10 Å². The molecule has 0 fully saturated rings. The number of nitrogens with one attached hydrogen (secondary N) is 1. The molecule has 0 saturated heterocycles. The number of benzene rings is 2. The largest absolute Gasteiger partial charge is 0.326 e. The predicted octanol–water partition coefficient (Wildman–Crippen LogP) is 4.32. The molecular formula is C25H30N6O3S2. The first-order valence-electron chi connectivity index (χ1n) is 11.9. The Morgan fingerprint density at radius 1 is 1.08 bits per heavy atom. The number of anilines is 1. The molecule has 11 heteroatoms. The topological polar surface area (TPSA) is 110 Å². The van der Waals surface area contributed by atoms with Gasteiger partial charge in [-0.3, -0.25) is 4.79 Å². The molecule has 1 amide bonds. The van der Waals surface area contributed by atoms with E-state index in [1.165, 1.54) is 16.1 Å². The maximum absolute atomic E-state index is 13.0. The highest BCUT2D eigenvalue weighted by atomic mass is 32.2. The highest BCUT2D eigenvalue weighted by Gasteiger charge is 2.25. The molecule has 1 aliphatic rings. The van der Waals surface area contributed by atoms with Crippen LogP contribution < -0.4 is 5.32 Å². The molecule has 0 saturated carbocycles. The first-order valence-corrected chi connectivity index (χ1v) is 14.3. The summed E-state index contributed by atoms with van der Waals surface area (Å²) in [6.07, 6.45) is 0.474. The summed E-state index contributed by atoms with van der Waals surface area (Å²) >= 11 is 1.51. The third-order valence-corrected chi connectivity index (χ3v) is 8.68. The number of fused-ring (bicyclic) bond motifs is 1. The van der Waals surface area contributed by atoms with Gasteiger partial charge in [-0.15, -0.1) is 10.2 Å². The van der Waals surface area contributed by atoms with Gasteiger partial charge in [0.2, 0.25) is 21.1 Å². The van der Waals surface area contributed by atoms with Crippen LogP contribution in [0.4, 0.5) is 5.69 Å². The van der Waals surface area contributed by atoms with Gasteiger partial charge in [-0.25, -0.2) is 8.42 Å². The number of sulfonamides is 1. The zero-order valence-electron chi connectivity index (χ0n) is 20.8. The minimum absolute atomic E-state index is 0.00711. The maximum atomic E-state index is 13.0. The van der Waals surface area contributed by atoms with Gasteiger partial charge in [-0.1, -0.05) is 63.7 Å². The molecular weight excluding hydrogens is 496 g/mol. The maximum Gasteiger partial charge on any atom is 0.243 e. The van der Waals surface area contributed by atoms with Crippen LogP contribution in [-0.2, 0) is 14.8 Å². The van der Waals surface area contributed by atoms with Crippen molar-refractivity contribution in [1.82, 2.24) is 19.2 Å². The van der Waals surface area contributed by atoms with Crippen molar-refractivity contribution in [3.8, 4) is 11.4 Å². The molecule has 2 heterocycles. The van der Waals surface area contributed by atoms with Crippen molar-refractivity contribution < 1.29 is 13.2 Å². The molecule has 1 N–H and O–H groups in total. The molecule has 4 rings (SSSR count). The zero-order valence-corrected chi connectivity index (χ0v) is 22.4. The van der Waals surface area contributed by atoms with Crippen molar-refractivity contribution in [2.24, 2.45) is 11.0 Å². The van der Waals surface area contributed by atoms with E-state index >= 15 is 0 Å². The number of hydrogen-bond acceptors (Lipinski definition) is 7. The number of hydrogen-bond donors (Lipinski definition) is 1. The number of rotatable bonds is 9. The molecule has 190 valence electrons. The van der Waals surface area contributed by atoms with Crippen LogP contribution in [0.3, 0.4) is 0 Å².